The molecule has 0 radical (unpaired) electrons. The molecule has 0 heterocycles. The second kappa shape index (κ2) is 5.16. The lowest BCUT2D eigenvalue weighted by atomic mass is 10.0. The second-order valence-electron chi connectivity index (χ2n) is 3.58. The standard InChI is InChI=1S/C11H10F4O2/c12-7-3-4-9(13)8(6-7)11(14,15)5-1-2-10(16)17/h3-4,6H,1-2,5H2,(H,16,17). The van der Waals surface area contributed by atoms with Crippen LogP contribution in [-0.2, 0) is 10.7 Å². The number of hydrogen-bond acceptors (Lipinski definition) is 1. The fourth-order valence-electron chi connectivity index (χ4n) is 1.37. The van der Waals surface area contributed by atoms with Crippen molar-refractivity contribution in [2.45, 2.75) is 25.2 Å². The van der Waals surface area contributed by atoms with E-state index >= 15 is 0 Å². The Bertz CT molecular complexity index is 418. The summed E-state index contributed by atoms with van der Waals surface area (Å²) in [5, 5.41) is 8.30. The summed E-state index contributed by atoms with van der Waals surface area (Å²) in [4.78, 5) is 10.2. The molecule has 0 atom stereocenters. The lowest BCUT2D eigenvalue weighted by Gasteiger charge is -2.16. The van der Waals surface area contributed by atoms with Crippen molar-refractivity contribution in [3.8, 4) is 0 Å². The molecule has 0 bridgehead atoms. The highest BCUT2D eigenvalue weighted by Crippen LogP contribution is 2.35. The van der Waals surface area contributed by atoms with Gasteiger partial charge in [0.25, 0.3) is 5.92 Å². The zero-order valence-electron chi connectivity index (χ0n) is 8.72. The van der Waals surface area contributed by atoms with Gasteiger partial charge >= 0.3 is 5.97 Å². The van der Waals surface area contributed by atoms with Crippen molar-refractivity contribution in [1.29, 1.82) is 0 Å². The van der Waals surface area contributed by atoms with Gasteiger partial charge in [0.1, 0.15) is 11.6 Å². The Morgan fingerprint density at radius 1 is 1.29 bits per heavy atom. The maximum absolute atomic E-state index is 13.4. The van der Waals surface area contributed by atoms with Crippen molar-refractivity contribution < 1.29 is 27.5 Å². The molecule has 1 N–H and O–H groups in total. The molecule has 6 heteroatoms. The van der Waals surface area contributed by atoms with Crippen molar-refractivity contribution in [1.82, 2.24) is 0 Å². The van der Waals surface area contributed by atoms with E-state index in [0.717, 1.165) is 6.07 Å². The molecule has 0 saturated heterocycles. The van der Waals surface area contributed by atoms with Crippen LogP contribution in [0.15, 0.2) is 18.2 Å². The molecular formula is C11H10F4O2. The normalized spacial score (nSPS) is 11.5. The molecule has 2 nitrogen and oxygen atoms in total. The van der Waals surface area contributed by atoms with E-state index in [2.05, 4.69) is 0 Å². The summed E-state index contributed by atoms with van der Waals surface area (Å²) < 4.78 is 52.7. The predicted octanol–water partition coefficient (Wildman–Crippen LogP) is 3.31. The van der Waals surface area contributed by atoms with Crippen molar-refractivity contribution in [2.75, 3.05) is 0 Å². The van der Waals surface area contributed by atoms with E-state index in [-0.39, 0.29) is 6.42 Å². The van der Waals surface area contributed by atoms with Crippen LogP contribution in [0.1, 0.15) is 24.8 Å². The summed E-state index contributed by atoms with van der Waals surface area (Å²) in [6, 6.07) is 1.79. The average Bonchev–Trinajstić information content (AvgIpc) is 2.20. The molecule has 0 unspecified atom stereocenters. The molecule has 0 aromatic heterocycles. The third kappa shape index (κ3) is 3.72. The third-order valence-electron chi connectivity index (χ3n) is 2.20. The Kier molecular flexibility index (Phi) is 4.09. The van der Waals surface area contributed by atoms with Crippen LogP contribution >= 0.6 is 0 Å². The number of aliphatic carboxylic acids is 1. The Morgan fingerprint density at radius 2 is 1.94 bits per heavy atom. The first kappa shape index (κ1) is 13.5. The number of carbonyl (C=O) groups is 1. The number of carboxylic acids is 1. The van der Waals surface area contributed by atoms with Gasteiger partial charge < -0.3 is 5.11 Å². The smallest absolute Gasteiger partial charge is 0.303 e. The molecule has 0 aliphatic rings. The Labute approximate surface area is 94.9 Å². The van der Waals surface area contributed by atoms with E-state index in [0.29, 0.717) is 12.1 Å². The van der Waals surface area contributed by atoms with Gasteiger partial charge in [-0.25, -0.2) is 17.6 Å². The maximum Gasteiger partial charge on any atom is 0.303 e. The molecule has 0 spiro atoms. The molecule has 1 aromatic carbocycles. The van der Waals surface area contributed by atoms with E-state index < -0.39 is 41.9 Å². The van der Waals surface area contributed by atoms with E-state index in [1.165, 1.54) is 0 Å². The predicted molar refractivity (Wildman–Crippen MR) is 51.7 cm³/mol. The first-order valence-corrected chi connectivity index (χ1v) is 4.88. The number of hydrogen-bond donors (Lipinski definition) is 1. The van der Waals surface area contributed by atoms with Crippen LogP contribution in [0.4, 0.5) is 17.6 Å². The van der Waals surface area contributed by atoms with E-state index in [1.807, 2.05) is 0 Å². The minimum Gasteiger partial charge on any atom is -0.481 e. The molecule has 1 rings (SSSR count). The molecule has 94 valence electrons. The third-order valence-corrected chi connectivity index (χ3v) is 2.20. The van der Waals surface area contributed by atoms with Crippen molar-refractivity contribution >= 4 is 5.97 Å². The summed E-state index contributed by atoms with van der Waals surface area (Å²) in [6.45, 7) is 0. The van der Waals surface area contributed by atoms with E-state index in [4.69, 9.17) is 5.11 Å². The SMILES string of the molecule is O=C(O)CCCC(F)(F)c1cc(F)ccc1F. The first-order valence-electron chi connectivity index (χ1n) is 4.88. The molecule has 17 heavy (non-hydrogen) atoms. The molecule has 0 saturated carbocycles. The fraction of sp³-hybridized carbons (Fsp3) is 0.364. The minimum atomic E-state index is -3.57. The highest BCUT2D eigenvalue weighted by Gasteiger charge is 2.34. The van der Waals surface area contributed by atoms with Gasteiger partial charge in [-0.2, -0.15) is 0 Å². The Balaban J connectivity index is 2.81. The zero-order chi connectivity index (χ0) is 13.1. The number of benzene rings is 1. The van der Waals surface area contributed by atoms with Gasteiger partial charge in [-0.3, -0.25) is 4.79 Å². The molecule has 0 fully saturated rings. The topological polar surface area (TPSA) is 37.3 Å². The lowest BCUT2D eigenvalue weighted by Crippen LogP contribution is -2.16. The van der Waals surface area contributed by atoms with Crippen LogP contribution in [0.25, 0.3) is 0 Å². The van der Waals surface area contributed by atoms with Gasteiger partial charge in [-0.05, 0) is 24.6 Å². The summed E-state index contributed by atoms with van der Waals surface area (Å²) in [5.74, 6) is -6.94. The number of rotatable bonds is 5. The van der Waals surface area contributed by atoms with E-state index in [1.54, 1.807) is 0 Å². The van der Waals surface area contributed by atoms with Crippen LogP contribution in [0.5, 0.6) is 0 Å². The maximum atomic E-state index is 13.4. The molecule has 0 aliphatic carbocycles. The summed E-state index contributed by atoms with van der Waals surface area (Å²) in [5.41, 5.74) is -1.04. The second-order valence-corrected chi connectivity index (χ2v) is 3.58. The zero-order valence-corrected chi connectivity index (χ0v) is 8.72. The van der Waals surface area contributed by atoms with Gasteiger partial charge in [0.2, 0.25) is 0 Å². The number of carboxylic acid groups (broad SMARTS) is 1. The first-order chi connectivity index (χ1) is 7.83. The van der Waals surface area contributed by atoms with Gasteiger partial charge in [0.05, 0.1) is 5.56 Å². The quantitative estimate of drug-likeness (QED) is 0.814. The summed E-state index contributed by atoms with van der Waals surface area (Å²) >= 11 is 0. The van der Waals surface area contributed by atoms with E-state index in [9.17, 15) is 22.4 Å². The van der Waals surface area contributed by atoms with Gasteiger partial charge in [-0.15, -0.1) is 0 Å². The Morgan fingerprint density at radius 3 is 2.53 bits per heavy atom. The highest BCUT2D eigenvalue weighted by molar-refractivity contribution is 5.66. The van der Waals surface area contributed by atoms with Gasteiger partial charge in [0, 0.05) is 12.8 Å². The Hall–Kier alpha value is -1.59. The van der Waals surface area contributed by atoms with Crippen molar-refractivity contribution in [2.24, 2.45) is 0 Å². The van der Waals surface area contributed by atoms with Crippen LogP contribution in [0.3, 0.4) is 0 Å². The van der Waals surface area contributed by atoms with Crippen molar-refractivity contribution in [3.05, 3.63) is 35.4 Å². The molecular weight excluding hydrogens is 240 g/mol. The van der Waals surface area contributed by atoms with Gasteiger partial charge in [-0.1, -0.05) is 0 Å². The molecule has 0 amide bonds. The number of halogens is 4. The summed E-state index contributed by atoms with van der Waals surface area (Å²) in [7, 11) is 0. The molecule has 0 aliphatic heterocycles. The lowest BCUT2D eigenvalue weighted by molar-refractivity contribution is -0.137. The van der Waals surface area contributed by atoms with Crippen LogP contribution in [0, 0.1) is 11.6 Å². The van der Waals surface area contributed by atoms with Crippen molar-refractivity contribution in [3.63, 3.8) is 0 Å². The largest absolute Gasteiger partial charge is 0.481 e. The summed E-state index contributed by atoms with van der Waals surface area (Å²) in [6.07, 6.45) is -1.58. The van der Waals surface area contributed by atoms with Crippen LogP contribution < -0.4 is 0 Å². The van der Waals surface area contributed by atoms with Crippen LogP contribution in [-0.4, -0.2) is 11.1 Å². The highest BCUT2D eigenvalue weighted by atomic mass is 19.3. The monoisotopic (exact) mass is 250 g/mol. The van der Waals surface area contributed by atoms with Crippen LogP contribution in [0.2, 0.25) is 0 Å². The minimum absolute atomic E-state index is 0.307. The molecule has 1 aromatic rings. The average molecular weight is 250 g/mol. The van der Waals surface area contributed by atoms with Gasteiger partial charge in [0.15, 0.2) is 0 Å². The number of alkyl halides is 2. The fourth-order valence-corrected chi connectivity index (χ4v) is 1.37.